The maximum absolute atomic E-state index is 3.36. The molecule has 1 aromatic rings. The van der Waals surface area contributed by atoms with Crippen molar-refractivity contribution in [3.05, 3.63) is 33.4 Å². The van der Waals surface area contributed by atoms with Crippen LogP contribution in [-0.2, 0) is 32.2 Å². The minimum atomic E-state index is 1.07. The van der Waals surface area contributed by atoms with E-state index in [1.54, 1.807) is 33.4 Å². The molecule has 1 nitrogen and oxygen atoms in total. The van der Waals surface area contributed by atoms with Crippen LogP contribution in [-0.4, -0.2) is 7.05 Å². The molecule has 2 aliphatic carbocycles. The Labute approximate surface area is 98.3 Å². The number of nitrogens with one attached hydrogen (secondary N) is 1. The minimum absolute atomic E-state index is 1.07. The molecule has 0 fully saturated rings. The molecule has 0 atom stereocenters. The quantitative estimate of drug-likeness (QED) is 0.800. The van der Waals surface area contributed by atoms with E-state index < -0.39 is 0 Å². The number of fused-ring (bicyclic) bond motifs is 2. The van der Waals surface area contributed by atoms with E-state index in [4.69, 9.17) is 0 Å². The van der Waals surface area contributed by atoms with Crippen molar-refractivity contribution in [2.45, 2.75) is 52.0 Å². The SMILES string of the molecule is CNCc1c2c(c(C)c3c1CCC3)CCC2. The molecule has 0 saturated heterocycles. The Morgan fingerprint density at radius 2 is 1.38 bits per heavy atom. The normalized spacial score (nSPS) is 17.6. The minimum Gasteiger partial charge on any atom is -0.316 e. The van der Waals surface area contributed by atoms with Crippen molar-refractivity contribution in [1.29, 1.82) is 0 Å². The summed E-state index contributed by atoms with van der Waals surface area (Å²) in [6.45, 7) is 3.43. The highest BCUT2D eigenvalue weighted by atomic mass is 14.8. The zero-order chi connectivity index (χ0) is 11.1. The van der Waals surface area contributed by atoms with Gasteiger partial charge in [-0.05, 0) is 85.9 Å². The second-order valence-electron chi connectivity index (χ2n) is 5.26. The molecular formula is C15H21N. The van der Waals surface area contributed by atoms with E-state index in [0.717, 1.165) is 6.54 Å². The fraction of sp³-hybridized carbons (Fsp3) is 0.600. The highest BCUT2D eigenvalue weighted by molar-refractivity contribution is 5.55. The van der Waals surface area contributed by atoms with E-state index >= 15 is 0 Å². The predicted molar refractivity (Wildman–Crippen MR) is 68.0 cm³/mol. The lowest BCUT2D eigenvalue weighted by Gasteiger charge is -2.18. The van der Waals surface area contributed by atoms with Crippen molar-refractivity contribution in [3.8, 4) is 0 Å². The van der Waals surface area contributed by atoms with Crippen molar-refractivity contribution < 1.29 is 0 Å². The molecule has 1 aromatic carbocycles. The van der Waals surface area contributed by atoms with E-state index in [1.807, 2.05) is 0 Å². The third kappa shape index (κ3) is 1.34. The van der Waals surface area contributed by atoms with Crippen molar-refractivity contribution >= 4 is 0 Å². The van der Waals surface area contributed by atoms with Gasteiger partial charge in [-0.3, -0.25) is 0 Å². The van der Waals surface area contributed by atoms with Gasteiger partial charge in [-0.25, -0.2) is 0 Å². The highest BCUT2D eigenvalue weighted by Crippen LogP contribution is 2.38. The lowest BCUT2D eigenvalue weighted by Crippen LogP contribution is -2.12. The van der Waals surface area contributed by atoms with Crippen LogP contribution in [0.5, 0.6) is 0 Å². The third-order valence-electron chi connectivity index (χ3n) is 4.42. The van der Waals surface area contributed by atoms with Crippen molar-refractivity contribution in [3.63, 3.8) is 0 Å². The van der Waals surface area contributed by atoms with Crippen LogP contribution in [0.1, 0.15) is 46.2 Å². The van der Waals surface area contributed by atoms with Crippen molar-refractivity contribution in [1.82, 2.24) is 5.32 Å². The first kappa shape index (κ1) is 10.3. The number of rotatable bonds is 2. The van der Waals surface area contributed by atoms with Crippen LogP contribution >= 0.6 is 0 Å². The summed E-state index contributed by atoms with van der Waals surface area (Å²) in [4.78, 5) is 0. The molecule has 1 heteroatoms. The molecule has 0 spiro atoms. The molecule has 86 valence electrons. The number of hydrogen-bond acceptors (Lipinski definition) is 1. The summed E-state index contributed by atoms with van der Waals surface area (Å²) in [5, 5.41) is 3.36. The average molecular weight is 215 g/mol. The Kier molecular flexibility index (Phi) is 2.51. The first-order valence-corrected chi connectivity index (χ1v) is 6.62. The van der Waals surface area contributed by atoms with Gasteiger partial charge in [-0.15, -0.1) is 0 Å². The van der Waals surface area contributed by atoms with Crippen LogP contribution in [0, 0.1) is 6.92 Å². The van der Waals surface area contributed by atoms with Gasteiger partial charge in [0.05, 0.1) is 0 Å². The van der Waals surface area contributed by atoms with Gasteiger partial charge in [0.1, 0.15) is 0 Å². The monoisotopic (exact) mass is 215 g/mol. The van der Waals surface area contributed by atoms with Gasteiger partial charge in [0.2, 0.25) is 0 Å². The van der Waals surface area contributed by atoms with E-state index in [0.29, 0.717) is 0 Å². The van der Waals surface area contributed by atoms with Crippen LogP contribution in [0.4, 0.5) is 0 Å². The van der Waals surface area contributed by atoms with E-state index in [9.17, 15) is 0 Å². The molecule has 1 N–H and O–H groups in total. The third-order valence-corrected chi connectivity index (χ3v) is 4.42. The molecule has 0 amide bonds. The molecule has 0 saturated carbocycles. The van der Waals surface area contributed by atoms with E-state index in [2.05, 4.69) is 19.3 Å². The highest BCUT2D eigenvalue weighted by Gasteiger charge is 2.25. The molecule has 16 heavy (non-hydrogen) atoms. The first-order chi connectivity index (χ1) is 7.83. The van der Waals surface area contributed by atoms with Gasteiger partial charge < -0.3 is 5.32 Å². The molecule has 3 rings (SSSR count). The van der Waals surface area contributed by atoms with Gasteiger partial charge in [0.25, 0.3) is 0 Å². The Balaban J connectivity index is 2.23. The van der Waals surface area contributed by atoms with Gasteiger partial charge in [0.15, 0.2) is 0 Å². The smallest absolute Gasteiger partial charge is 0.0208 e. The average Bonchev–Trinajstić information content (AvgIpc) is 2.92. The number of benzene rings is 1. The van der Waals surface area contributed by atoms with Crippen molar-refractivity contribution in [2.24, 2.45) is 0 Å². The maximum atomic E-state index is 3.36. The topological polar surface area (TPSA) is 12.0 Å². The van der Waals surface area contributed by atoms with E-state index in [-0.39, 0.29) is 0 Å². The van der Waals surface area contributed by atoms with Crippen LogP contribution in [0.25, 0.3) is 0 Å². The molecule has 0 heterocycles. The predicted octanol–water partition coefficient (Wildman–Crippen LogP) is 2.69. The summed E-state index contributed by atoms with van der Waals surface area (Å²) in [7, 11) is 2.07. The molecule has 0 bridgehead atoms. The zero-order valence-corrected chi connectivity index (χ0v) is 10.4. The van der Waals surface area contributed by atoms with Gasteiger partial charge in [0, 0.05) is 6.54 Å². The summed E-state index contributed by atoms with van der Waals surface area (Å²) in [5.74, 6) is 0. The largest absolute Gasteiger partial charge is 0.316 e. The van der Waals surface area contributed by atoms with Crippen LogP contribution in [0.2, 0.25) is 0 Å². The fourth-order valence-electron chi connectivity index (χ4n) is 3.74. The molecule has 0 aliphatic heterocycles. The Hall–Kier alpha value is -0.820. The summed E-state index contributed by atoms with van der Waals surface area (Å²) < 4.78 is 0. The van der Waals surface area contributed by atoms with Crippen LogP contribution < -0.4 is 5.32 Å². The lowest BCUT2D eigenvalue weighted by atomic mass is 9.89. The van der Waals surface area contributed by atoms with Gasteiger partial charge in [-0.1, -0.05) is 0 Å². The summed E-state index contributed by atoms with van der Waals surface area (Å²) in [5.41, 5.74) is 10.1. The Morgan fingerprint density at radius 1 is 0.875 bits per heavy atom. The maximum Gasteiger partial charge on any atom is 0.0208 e. The molecule has 0 aromatic heterocycles. The van der Waals surface area contributed by atoms with E-state index in [1.165, 1.54) is 38.5 Å². The molecule has 0 unspecified atom stereocenters. The summed E-state index contributed by atoms with van der Waals surface area (Å²) >= 11 is 0. The summed E-state index contributed by atoms with van der Waals surface area (Å²) in [6, 6.07) is 0. The second-order valence-corrected chi connectivity index (χ2v) is 5.26. The standard InChI is InChI=1S/C15H21N/c1-10-11-5-3-7-13(11)15(9-16-2)14-8-4-6-12(10)14/h16H,3-9H2,1-2H3. The van der Waals surface area contributed by atoms with Crippen LogP contribution in [0.3, 0.4) is 0 Å². The van der Waals surface area contributed by atoms with Crippen LogP contribution in [0.15, 0.2) is 0 Å². The summed E-state index contributed by atoms with van der Waals surface area (Å²) in [6.07, 6.45) is 8.03. The zero-order valence-electron chi connectivity index (χ0n) is 10.4. The second kappa shape index (κ2) is 3.89. The Morgan fingerprint density at radius 3 is 1.88 bits per heavy atom. The fourth-order valence-corrected chi connectivity index (χ4v) is 3.74. The van der Waals surface area contributed by atoms with Gasteiger partial charge >= 0.3 is 0 Å². The molecular weight excluding hydrogens is 194 g/mol. The lowest BCUT2D eigenvalue weighted by molar-refractivity contribution is 0.790. The Bertz CT molecular complexity index is 397. The number of hydrogen-bond donors (Lipinski definition) is 1. The molecule has 0 radical (unpaired) electrons. The van der Waals surface area contributed by atoms with Gasteiger partial charge in [-0.2, -0.15) is 0 Å². The van der Waals surface area contributed by atoms with Crippen molar-refractivity contribution in [2.75, 3.05) is 7.05 Å². The first-order valence-electron chi connectivity index (χ1n) is 6.62. The molecule has 2 aliphatic rings.